The van der Waals surface area contributed by atoms with Crippen LogP contribution in [-0.4, -0.2) is 90.4 Å². The van der Waals surface area contributed by atoms with E-state index in [4.69, 9.17) is 0 Å². The molecule has 10 heteroatoms. The van der Waals surface area contributed by atoms with Crippen LogP contribution in [0.25, 0.3) is 0 Å². The molecular formula is C31H67I3N3O3V. The van der Waals surface area contributed by atoms with Crippen LogP contribution in [0.3, 0.4) is 0 Å². The van der Waals surface area contributed by atoms with Gasteiger partial charge in [0, 0.05) is 39.0 Å². The van der Waals surface area contributed by atoms with Crippen molar-refractivity contribution in [2.24, 2.45) is 35.5 Å². The number of carbonyl (C=O) groups is 1. The second kappa shape index (κ2) is 21.9. The Kier molecular flexibility index (Phi) is 25.5. The number of rotatable bonds is 0. The van der Waals surface area contributed by atoms with Crippen LogP contribution in [-0.2, 0) is 9.72 Å². The standard InChI is InChI=1S/C9H17NO.C8H13NO.C8H15NO.C2H6.4CH4.3HI.V/c1-9(11)3-7-5-10(2)6-8(7)4-9;1-9-4-6-2-8(10)3-7(6)5-9;1-8(10)2-6-4-9-5-7(6)3-8;1-2;;;;;;;;/h7-8,11H,3-6H2,1-2H3;6-7H,2-5H2,1H3;6-7,9-10H,2-5H2,1H3;1-2H3;4*1H4;3*1H;/q;;;;;;;;;;;+3/p-3. The van der Waals surface area contributed by atoms with Crippen LogP contribution >= 0.6 is 59.9 Å². The number of hydrogen-bond donors (Lipinski definition) is 3. The van der Waals surface area contributed by atoms with E-state index in [-0.39, 0.29) is 45.8 Å². The summed E-state index contributed by atoms with van der Waals surface area (Å²) in [6, 6.07) is 0. The summed E-state index contributed by atoms with van der Waals surface area (Å²) in [5.41, 5.74) is -0.700. The third-order valence-electron chi connectivity index (χ3n) is 8.79. The molecule has 6 atom stereocenters. The Hall–Kier alpha value is 2.24. The van der Waals surface area contributed by atoms with Gasteiger partial charge in [-0.15, -0.1) is 0 Å². The Morgan fingerprint density at radius 1 is 0.683 bits per heavy atom. The van der Waals surface area contributed by atoms with Gasteiger partial charge in [0.15, 0.2) is 0 Å². The van der Waals surface area contributed by atoms with E-state index in [0.29, 0.717) is 17.6 Å². The Morgan fingerprint density at radius 2 is 0.951 bits per heavy atom. The first-order valence-corrected chi connectivity index (χ1v) is 27.6. The SMILES string of the molecule is C.C.C.C.CC.CC1(O)CC2CNCC2C1.CN1CC2CC(=O)CC2C1.CN1CC2CC(C)(O)CC2C1.[I][V]([I])[I]. The molecule has 6 nitrogen and oxygen atoms in total. The molecule has 41 heavy (non-hydrogen) atoms. The molecule has 0 spiro atoms. The molecule has 0 bridgehead atoms. The Labute approximate surface area is 293 Å². The number of carbonyl (C=O) groups excluding carboxylic acids is 1. The van der Waals surface area contributed by atoms with Gasteiger partial charge in [-0.25, -0.2) is 0 Å². The van der Waals surface area contributed by atoms with Crippen molar-refractivity contribution < 1.29 is 19.9 Å². The molecule has 0 aromatic carbocycles. The fourth-order valence-corrected chi connectivity index (χ4v) is 7.63. The van der Waals surface area contributed by atoms with E-state index in [1.807, 2.05) is 27.7 Å². The normalized spacial score (nSPS) is 37.8. The second-order valence-corrected chi connectivity index (χ2v) is 48.0. The summed E-state index contributed by atoms with van der Waals surface area (Å²) in [5, 5.41) is 22.8. The quantitative estimate of drug-likeness (QED) is 0.215. The minimum atomic E-state index is -0.351. The molecule has 3 aliphatic carbocycles. The molecule has 250 valence electrons. The molecule has 3 saturated heterocycles. The first-order valence-electron chi connectivity index (χ1n) is 14.0. The van der Waals surface area contributed by atoms with Gasteiger partial charge in [0.1, 0.15) is 5.78 Å². The molecule has 0 aromatic heterocycles. The van der Waals surface area contributed by atoms with Gasteiger partial charge >= 0.3 is 64.9 Å². The monoisotopic (exact) mass is 961 g/mol. The zero-order chi connectivity index (χ0) is 28.0. The Bertz CT molecular complexity index is 669. The third kappa shape index (κ3) is 16.6. The molecule has 3 N–H and O–H groups in total. The van der Waals surface area contributed by atoms with E-state index >= 15 is 0 Å². The van der Waals surface area contributed by atoms with Gasteiger partial charge < -0.3 is 25.3 Å². The number of fused-ring (bicyclic) bond motifs is 3. The Morgan fingerprint density at radius 3 is 1.27 bits per heavy atom. The Balaban J connectivity index is -0.000000462. The number of likely N-dealkylation sites (tertiary alicyclic amines) is 2. The zero-order valence-electron chi connectivity index (χ0n) is 23.7. The summed E-state index contributed by atoms with van der Waals surface area (Å²) in [5.74, 6) is 4.97. The number of halogens is 3. The molecule has 0 aromatic rings. The fraction of sp³-hybridized carbons (Fsp3) is 0.968. The number of hydrogen-bond acceptors (Lipinski definition) is 6. The van der Waals surface area contributed by atoms with Gasteiger partial charge in [0.05, 0.1) is 11.2 Å². The van der Waals surface area contributed by atoms with Crippen LogP contribution in [0.2, 0.25) is 0 Å². The predicted molar refractivity (Wildman–Crippen MR) is 203 cm³/mol. The molecule has 3 aliphatic heterocycles. The van der Waals surface area contributed by atoms with Crippen LogP contribution in [0.1, 0.15) is 95.9 Å². The molecule has 6 rings (SSSR count). The van der Waals surface area contributed by atoms with Crippen LogP contribution in [0.15, 0.2) is 0 Å². The van der Waals surface area contributed by atoms with E-state index in [0.717, 1.165) is 88.4 Å². The molecule has 6 unspecified atom stereocenters. The average molecular weight is 962 g/mol. The molecule has 3 saturated carbocycles. The third-order valence-corrected chi connectivity index (χ3v) is 8.79. The van der Waals surface area contributed by atoms with E-state index in [9.17, 15) is 15.0 Å². The number of aliphatic hydroxyl groups is 2. The van der Waals surface area contributed by atoms with Gasteiger partial charge in [0.25, 0.3) is 0 Å². The predicted octanol–water partition coefficient (Wildman–Crippen LogP) is 7.83. The maximum atomic E-state index is 10.9. The van der Waals surface area contributed by atoms with Crippen molar-refractivity contribution in [2.75, 3.05) is 53.4 Å². The number of nitrogens with zero attached hydrogens (tertiary/aromatic N) is 2. The van der Waals surface area contributed by atoms with Crippen molar-refractivity contribution in [3.8, 4) is 0 Å². The van der Waals surface area contributed by atoms with Crippen molar-refractivity contribution in [1.29, 1.82) is 0 Å². The molecule has 3 heterocycles. The summed E-state index contributed by atoms with van der Waals surface area (Å²) in [6.07, 6.45) is 5.75. The van der Waals surface area contributed by atoms with Gasteiger partial charge in [0.2, 0.25) is 0 Å². The van der Waals surface area contributed by atoms with Gasteiger partial charge in [-0.05, 0) is 102 Å². The molecule has 0 radical (unpaired) electrons. The van der Waals surface area contributed by atoms with E-state index in [1.165, 1.54) is 13.1 Å². The van der Waals surface area contributed by atoms with Crippen LogP contribution in [0.4, 0.5) is 0 Å². The first-order chi connectivity index (χ1) is 17.2. The van der Waals surface area contributed by atoms with E-state index < -0.39 is 0 Å². The molecule has 0 amide bonds. The summed E-state index contributed by atoms with van der Waals surface area (Å²) < 4.78 is 0. The number of nitrogens with one attached hydrogen (secondary N) is 1. The summed E-state index contributed by atoms with van der Waals surface area (Å²) >= 11 is 7.39. The summed E-state index contributed by atoms with van der Waals surface area (Å²) in [6.45, 7) is 14.9. The van der Waals surface area contributed by atoms with Crippen molar-refractivity contribution in [1.82, 2.24) is 15.1 Å². The molecule has 6 fully saturated rings. The van der Waals surface area contributed by atoms with Crippen LogP contribution < -0.4 is 5.32 Å². The number of Topliss-reactive ketones (excluding diaryl/α,β-unsaturated/α-hetero) is 1. The van der Waals surface area contributed by atoms with Gasteiger partial charge in [-0.2, -0.15) is 0 Å². The average Bonchev–Trinajstić information content (AvgIpc) is 3.54. The van der Waals surface area contributed by atoms with E-state index in [2.05, 4.69) is 89.1 Å². The minimum absolute atomic E-state index is 0. The summed E-state index contributed by atoms with van der Waals surface area (Å²) in [4.78, 5) is 15.4. The first kappa shape index (κ1) is 47.6. The topological polar surface area (TPSA) is 76.0 Å². The van der Waals surface area contributed by atoms with Crippen molar-refractivity contribution in [3.63, 3.8) is 0 Å². The van der Waals surface area contributed by atoms with Gasteiger partial charge in [-0.3, -0.25) is 4.79 Å². The summed E-state index contributed by atoms with van der Waals surface area (Å²) in [7, 11) is 4.32. The van der Waals surface area contributed by atoms with Crippen LogP contribution in [0, 0.1) is 35.5 Å². The molecular weight excluding hydrogens is 894 g/mol. The van der Waals surface area contributed by atoms with Crippen LogP contribution in [0.5, 0.6) is 0 Å². The zero-order valence-corrected chi connectivity index (χ0v) is 31.6. The van der Waals surface area contributed by atoms with E-state index in [1.54, 1.807) is 0 Å². The van der Waals surface area contributed by atoms with Crippen molar-refractivity contribution in [2.45, 2.75) is 107 Å². The van der Waals surface area contributed by atoms with Crippen molar-refractivity contribution in [3.05, 3.63) is 0 Å². The van der Waals surface area contributed by atoms with Gasteiger partial charge in [-0.1, -0.05) is 43.6 Å². The number of ketones is 1. The maximum absolute atomic E-state index is 10.9. The molecule has 6 aliphatic rings. The fourth-order valence-electron chi connectivity index (χ4n) is 7.63. The van der Waals surface area contributed by atoms with Crippen molar-refractivity contribution >= 4 is 65.7 Å². The second-order valence-electron chi connectivity index (χ2n) is 12.6.